The van der Waals surface area contributed by atoms with Crippen LogP contribution in [0.5, 0.6) is 0 Å². The van der Waals surface area contributed by atoms with Crippen LogP contribution in [0.3, 0.4) is 0 Å². The van der Waals surface area contributed by atoms with E-state index in [2.05, 4.69) is 0 Å². The van der Waals surface area contributed by atoms with Crippen LogP contribution in [0.2, 0.25) is 0 Å². The second-order valence-corrected chi connectivity index (χ2v) is 8.22. The van der Waals surface area contributed by atoms with Gasteiger partial charge in [0.1, 0.15) is 0 Å². The van der Waals surface area contributed by atoms with E-state index in [-0.39, 0.29) is 5.92 Å². The number of hydrogen-bond donors (Lipinski definition) is 0. The minimum atomic E-state index is -2.96. The maximum atomic E-state index is 12.4. The van der Waals surface area contributed by atoms with Crippen LogP contribution < -0.4 is 0 Å². The molecule has 1 aromatic rings. The number of rotatable bonds is 1. The van der Waals surface area contributed by atoms with Crippen molar-refractivity contribution in [3.63, 3.8) is 0 Å². The predicted octanol–water partition coefficient (Wildman–Crippen LogP) is 3.81. The highest BCUT2D eigenvalue weighted by molar-refractivity contribution is 7.55. The predicted molar refractivity (Wildman–Crippen MR) is 68.4 cm³/mol. The molecule has 3 nitrogen and oxygen atoms in total. The Labute approximate surface area is 103 Å². The Bertz CT molecular complexity index is 410. The molecule has 1 aliphatic rings. The normalized spacial score (nSPS) is 30.2. The second kappa shape index (κ2) is 4.56. The van der Waals surface area contributed by atoms with Gasteiger partial charge in [0.05, 0.1) is 18.4 Å². The maximum Gasteiger partial charge on any atom is 0.335 e. The maximum absolute atomic E-state index is 12.4. The van der Waals surface area contributed by atoms with E-state index in [1.165, 1.54) is 5.56 Å². The van der Waals surface area contributed by atoms with E-state index in [4.69, 9.17) is 9.05 Å². The Hall–Kier alpha value is -0.630. The van der Waals surface area contributed by atoms with Gasteiger partial charge in [-0.15, -0.1) is 0 Å². The molecular formula is C13H19O3P. The standard InChI is InChI=1S/C13H19O3P/c1-13(2,3)17(14)15-9-12(10-16-17)11-7-5-4-6-8-11/h4-8,12H,9-10H2,1-3H3. The fourth-order valence-electron chi connectivity index (χ4n) is 1.77. The van der Waals surface area contributed by atoms with Crippen LogP contribution in [0.1, 0.15) is 32.3 Å². The van der Waals surface area contributed by atoms with Crippen molar-refractivity contribution in [2.24, 2.45) is 0 Å². The lowest BCUT2D eigenvalue weighted by molar-refractivity contribution is 0.114. The molecule has 0 bridgehead atoms. The van der Waals surface area contributed by atoms with Gasteiger partial charge < -0.3 is 9.05 Å². The molecule has 1 fully saturated rings. The van der Waals surface area contributed by atoms with E-state index in [0.29, 0.717) is 13.2 Å². The van der Waals surface area contributed by atoms with E-state index < -0.39 is 12.8 Å². The summed E-state index contributed by atoms with van der Waals surface area (Å²) >= 11 is 0. The monoisotopic (exact) mass is 254 g/mol. The number of hydrogen-bond acceptors (Lipinski definition) is 3. The van der Waals surface area contributed by atoms with Crippen molar-refractivity contribution in [3.05, 3.63) is 35.9 Å². The van der Waals surface area contributed by atoms with E-state index in [0.717, 1.165) is 0 Å². The Morgan fingerprint density at radius 2 is 1.65 bits per heavy atom. The first-order chi connectivity index (χ1) is 7.92. The van der Waals surface area contributed by atoms with Crippen molar-refractivity contribution in [1.82, 2.24) is 0 Å². The molecule has 1 aromatic carbocycles. The topological polar surface area (TPSA) is 35.5 Å². The Balaban J connectivity index is 2.07. The molecule has 0 N–H and O–H groups in total. The van der Waals surface area contributed by atoms with Crippen LogP contribution in [0.15, 0.2) is 30.3 Å². The van der Waals surface area contributed by atoms with Crippen LogP contribution in [0.25, 0.3) is 0 Å². The van der Waals surface area contributed by atoms with Crippen molar-refractivity contribution in [3.8, 4) is 0 Å². The van der Waals surface area contributed by atoms with Crippen molar-refractivity contribution >= 4 is 7.60 Å². The summed E-state index contributed by atoms with van der Waals surface area (Å²) in [6, 6.07) is 10.1. The quantitative estimate of drug-likeness (QED) is 0.715. The first-order valence-electron chi connectivity index (χ1n) is 5.86. The zero-order chi connectivity index (χ0) is 12.5. The Morgan fingerprint density at radius 3 is 2.12 bits per heavy atom. The Kier molecular flexibility index (Phi) is 3.44. The van der Waals surface area contributed by atoms with Gasteiger partial charge >= 0.3 is 7.60 Å². The lowest BCUT2D eigenvalue weighted by Gasteiger charge is -2.36. The minimum absolute atomic E-state index is 0.181. The fraction of sp³-hybridized carbons (Fsp3) is 0.538. The van der Waals surface area contributed by atoms with Gasteiger partial charge in [-0.2, -0.15) is 0 Å². The number of benzene rings is 1. The van der Waals surface area contributed by atoms with Crippen LogP contribution in [-0.2, 0) is 13.6 Å². The van der Waals surface area contributed by atoms with Gasteiger partial charge in [0.2, 0.25) is 0 Å². The highest BCUT2D eigenvalue weighted by Crippen LogP contribution is 2.62. The summed E-state index contributed by atoms with van der Waals surface area (Å²) in [7, 11) is -2.96. The van der Waals surface area contributed by atoms with Crippen LogP contribution in [0.4, 0.5) is 0 Å². The van der Waals surface area contributed by atoms with Crippen molar-refractivity contribution in [1.29, 1.82) is 0 Å². The molecule has 0 amide bonds. The molecule has 0 saturated carbocycles. The first kappa shape index (κ1) is 12.8. The molecule has 0 atom stereocenters. The average molecular weight is 254 g/mol. The van der Waals surface area contributed by atoms with E-state index in [9.17, 15) is 4.57 Å². The summed E-state index contributed by atoms with van der Waals surface area (Å²) in [5.41, 5.74) is 1.17. The molecule has 4 heteroatoms. The van der Waals surface area contributed by atoms with Crippen molar-refractivity contribution < 1.29 is 13.6 Å². The van der Waals surface area contributed by atoms with Crippen molar-refractivity contribution in [2.75, 3.05) is 13.2 Å². The largest absolute Gasteiger partial charge is 0.335 e. The van der Waals surface area contributed by atoms with Crippen LogP contribution in [-0.4, -0.2) is 18.4 Å². The minimum Gasteiger partial charge on any atom is -0.307 e. The summed E-state index contributed by atoms with van der Waals surface area (Å²) in [5, 5.41) is -0.450. The van der Waals surface area contributed by atoms with Crippen LogP contribution >= 0.6 is 7.60 Å². The molecule has 1 saturated heterocycles. The smallest absolute Gasteiger partial charge is 0.307 e. The Morgan fingerprint density at radius 1 is 1.12 bits per heavy atom. The molecule has 2 rings (SSSR count). The lowest BCUT2D eigenvalue weighted by atomic mass is 10.0. The van der Waals surface area contributed by atoms with E-state index >= 15 is 0 Å². The molecule has 17 heavy (non-hydrogen) atoms. The molecule has 0 aromatic heterocycles. The van der Waals surface area contributed by atoms with Crippen molar-refractivity contribution in [2.45, 2.75) is 31.8 Å². The SMILES string of the molecule is CC(C)(C)P1(=O)OCC(c2ccccc2)CO1. The average Bonchev–Trinajstić information content (AvgIpc) is 2.30. The highest BCUT2D eigenvalue weighted by atomic mass is 31.2. The third-order valence-corrected chi connectivity index (χ3v) is 5.61. The summed E-state index contributed by atoms with van der Waals surface area (Å²) < 4.78 is 23.4. The molecular weight excluding hydrogens is 235 g/mol. The summed E-state index contributed by atoms with van der Waals surface area (Å²) in [6.07, 6.45) is 0. The summed E-state index contributed by atoms with van der Waals surface area (Å²) in [6.45, 7) is 6.60. The van der Waals surface area contributed by atoms with Gasteiger partial charge in [-0.3, -0.25) is 4.57 Å². The van der Waals surface area contributed by atoms with Gasteiger partial charge in [0, 0.05) is 5.92 Å². The summed E-state index contributed by atoms with van der Waals surface area (Å²) in [4.78, 5) is 0. The third kappa shape index (κ3) is 2.62. The van der Waals surface area contributed by atoms with E-state index in [1.54, 1.807) is 0 Å². The molecule has 94 valence electrons. The van der Waals surface area contributed by atoms with Gasteiger partial charge in [-0.05, 0) is 26.3 Å². The van der Waals surface area contributed by atoms with E-state index in [1.807, 2.05) is 51.1 Å². The molecule has 1 aliphatic heterocycles. The second-order valence-electron chi connectivity index (χ2n) is 5.37. The van der Waals surface area contributed by atoms with Gasteiger partial charge in [-0.25, -0.2) is 0 Å². The summed E-state index contributed by atoms with van der Waals surface area (Å²) in [5.74, 6) is 0.181. The molecule has 0 unspecified atom stereocenters. The highest BCUT2D eigenvalue weighted by Gasteiger charge is 2.43. The molecule has 0 spiro atoms. The molecule has 0 aliphatic carbocycles. The fourth-order valence-corrected chi connectivity index (χ4v) is 3.37. The lowest BCUT2D eigenvalue weighted by Crippen LogP contribution is -2.27. The zero-order valence-electron chi connectivity index (χ0n) is 10.6. The van der Waals surface area contributed by atoms with Crippen LogP contribution in [0, 0.1) is 0 Å². The van der Waals surface area contributed by atoms with Gasteiger partial charge in [-0.1, -0.05) is 30.3 Å². The zero-order valence-corrected chi connectivity index (χ0v) is 11.4. The van der Waals surface area contributed by atoms with Gasteiger partial charge in [0.15, 0.2) is 0 Å². The van der Waals surface area contributed by atoms with Gasteiger partial charge in [0.25, 0.3) is 0 Å². The molecule has 1 heterocycles. The third-order valence-electron chi connectivity index (χ3n) is 2.98. The molecule has 0 radical (unpaired) electrons. The first-order valence-corrected chi connectivity index (χ1v) is 7.41.